The van der Waals surface area contributed by atoms with Crippen molar-refractivity contribution in [3.05, 3.63) is 107 Å². The maximum absolute atomic E-state index is 13.0. The van der Waals surface area contributed by atoms with Crippen LogP contribution in [0.15, 0.2) is 94.8 Å². The van der Waals surface area contributed by atoms with E-state index in [9.17, 15) is 45.1 Å². The zero-order valence-electron chi connectivity index (χ0n) is 63.9. The fourth-order valence-corrected chi connectivity index (χ4v) is 13.3. The van der Waals surface area contributed by atoms with Crippen LogP contribution in [-0.4, -0.2) is 114 Å². The zero-order valence-corrected chi connectivity index (χ0v) is 67.8. The summed E-state index contributed by atoms with van der Waals surface area (Å²) in [5.74, 6) is -3.69. The van der Waals surface area contributed by atoms with Gasteiger partial charge in [0.2, 0.25) is 0 Å². The van der Waals surface area contributed by atoms with Gasteiger partial charge in [-0.1, -0.05) is 268 Å². The van der Waals surface area contributed by atoms with Gasteiger partial charge in [-0.2, -0.15) is 0 Å². The second kappa shape index (κ2) is 69.4. The first-order valence-electron chi connectivity index (χ1n) is 40.1. The first-order valence-corrected chi connectivity index (χ1v) is 42.9. The maximum Gasteiger partial charge on any atom is 2.00 e. The van der Waals surface area contributed by atoms with E-state index in [0.29, 0.717) is 25.7 Å². The first-order chi connectivity index (χ1) is 48.6. The van der Waals surface area contributed by atoms with Gasteiger partial charge in [0, 0.05) is 0 Å². The summed E-state index contributed by atoms with van der Waals surface area (Å²) in [6, 6.07) is 7.17. The molecular weight excluding hydrogens is 1340 g/mol. The van der Waals surface area contributed by atoms with E-state index in [2.05, 4.69) is 76.3 Å². The van der Waals surface area contributed by atoms with Crippen LogP contribution in [0.2, 0.25) is 0 Å². The molecule has 0 saturated heterocycles. The van der Waals surface area contributed by atoms with Gasteiger partial charge in [-0.25, -0.2) is 36.0 Å². The van der Waals surface area contributed by atoms with Gasteiger partial charge in [-0.05, 0) is 178 Å². The molecule has 0 heterocycles. The first kappa shape index (κ1) is 97.4. The summed E-state index contributed by atoms with van der Waals surface area (Å²) in [6.07, 6.45) is 78.1. The Morgan fingerprint density at radius 3 is 0.653 bits per heavy atom. The van der Waals surface area contributed by atoms with Crippen LogP contribution in [0.3, 0.4) is 0 Å². The van der Waals surface area contributed by atoms with E-state index in [0.717, 1.165) is 115 Å². The minimum Gasteiger partial charge on any atom is -0.744 e. The van der Waals surface area contributed by atoms with Crippen LogP contribution in [0.4, 0.5) is 0 Å². The summed E-state index contributed by atoms with van der Waals surface area (Å²) in [5.41, 5.74) is -1.62. The predicted molar refractivity (Wildman–Crippen MR) is 415 cm³/mol. The second-order valence-electron chi connectivity index (χ2n) is 27.1. The largest absolute Gasteiger partial charge is 2.00 e. The van der Waals surface area contributed by atoms with E-state index < -0.39 is 65.0 Å². The molecular formula is C84H138CaO14S2. The molecule has 0 saturated carbocycles. The van der Waals surface area contributed by atoms with Crippen molar-refractivity contribution in [1.29, 1.82) is 0 Å². The van der Waals surface area contributed by atoms with Gasteiger partial charge in [0.05, 0.1) is 58.5 Å². The summed E-state index contributed by atoms with van der Waals surface area (Å²) in [5, 5.41) is 0. The van der Waals surface area contributed by atoms with Crippen LogP contribution in [-0.2, 0) is 39.2 Å². The molecule has 0 N–H and O–H groups in total. The Bertz CT molecular complexity index is 2540. The van der Waals surface area contributed by atoms with E-state index in [1.165, 1.54) is 230 Å². The van der Waals surface area contributed by atoms with Gasteiger partial charge >= 0.3 is 61.6 Å². The third-order valence-electron chi connectivity index (χ3n) is 18.0. The number of esters is 4. The van der Waals surface area contributed by atoms with Crippen LogP contribution >= 0.6 is 0 Å². The van der Waals surface area contributed by atoms with Crippen molar-refractivity contribution in [3.63, 3.8) is 0 Å². The molecule has 0 radical (unpaired) electrons. The molecule has 2 aromatic carbocycles. The Morgan fingerprint density at radius 2 is 0.455 bits per heavy atom. The molecule has 0 aliphatic heterocycles. The van der Waals surface area contributed by atoms with Crippen molar-refractivity contribution in [2.24, 2.45) is 0 Å². The van der Waals surface area contributed by atoms with Crippen LogP contribution in [0.25, 0.3) is 0 Å². The average molecular weight is 1480 g/mol. The summed E-state index contributed by atoms with van der Waals surface area (Å²) in [4.78, 5) is 50.1. The Balaban J connectivity index is 0.00000196. The van der Waals surface area contributed by atoms with Crippen LogP contribution in [0, 0.1) is 0 Å². The van der Waals surface area contributed by atoms with Crippen molar-refractivity contribution >= 4 is 81.9 Å². The molecule has 0 atom stereocenters. The molecule has 101 heavy (non-hydrogen) atoms. The zero-order chi connectivity index (χ0) is 73.1. The molecule has 0 aliphatic carbocycles. The smallest absolute Gasteiger partial charge is 0.744 e. The Morgan fingerprint density at radius 1 is 0.277 bits per heavy atom. The fourth-order valence-electron chi connectivity index (χ4n) is 11.9. The van der Waals surface area contributed by atoms with Crippen LogP contribution in [0.1, 0.15) is 403 Å². The number of carbonyl (C=O) groups is 4. The second-order valence-corrected chi connectivity index (χ2v) is 29.8. The van der Waals surface area contributed by atoms with Crippen molar-refractivity contribution in [3.8, 4) is 0 Å². The molecule has 14 nitrogen and oxygen atoms in total. The third-order valence-corrected chi connectivity index (χ3v) is 19.8. The molecule has 0 aliphatic rings. The molecule has 0 bridgehead atoms. The molecule has 2 aromatic rings. The van der Waals surface area contributed by atoms with Gasteiger partial charge in [0.1, 0.15) is 20.2 Å². The molecule has 572 valence electrons. The number of rotatable bonds is 66. The average Bonchev–Trinajstić information content (AvgIpc) is 0.800. The van der Waals surface area contributed by atoms with Gasteiger partial charge in [0.25, 0.3) is 0 Å². The number of hydrogen-bond acceptors (Lipinski definition) is 14. The maximum atomic E-state index is 13.0. The van der Waals surface area contributed by atoms with E-state index in [-0.39, 0.29) is 75.3 Å². The summed E-state index contributed by atoms with van der Waals surface area (Å²) in [7, 11) is -10.0. The van der Waals surface area contributed by atoms with Crippen molar-refractivity contribution in [2.45, 2.75) is 371 Å². The number of carbonyl (C=O) groups excluding carboxylic acids is 4. The minimum atomic E-state index is -5.02. The van der Waals surface area contributed by atoms with Crippen molar-refractivity contribution in [1.82, 2.24) is 0 Å². The number of unbranched alkanes of at least 4 members (excludes halogenated alkanes) is 44. The molecule has 17 heteroatoms. The Labute approximate surface area is 645 Å². The Hall–Kier alpha value is -3.64. The van der Waals surface area contributed by atoms with E-state index in [1.807, 2.05) is 0 Å². The molecule has 0 amide bonds. The fraction of sp³-hybridized carbons (Fsp3) is 0.714. The van der Waals surface area contributed by atoms with Crippen molar-refractivity contribution < 1.29 is 64.1 Å². The number of ether oxygens (including phenoxy) is 4. The molecule has 2 rings (SSSR count). The summed E-state index contributed by atoms with van der Waals surface area (Å²) in [6.45, 7) is 9.38. The molecule has 0 spiro atoms. The molecule has 0 aromatic heterocycles. The van der Waals surface area contributed by atoms with Gasteiger partial charge < -0.3 is 28.1 Å². The number of allylic oxidation sites excluding steroid dienone is 8. The predicted octanol–water partition coefficient (Wildman–Crippen LogP) is 24.0. The molecule has 0 unspecified atom stereocenters. The topological polar surface area (TPSA) is 220 Å². The quantitative estimate of drug-likeness (QED) is 0.0150. The normalized spacial score (nSPS) is 11.8. The van der Waals surface area contributed by atoms with Gasteiger partial charge in [0.15, 0.2) is 0 Å². The van der Waals surface area contributed by atoms with E-state index in [4.69, 9.17) is 18.9 Å². The molecule has 0 fully saturated rings. The third kappa shape index (κ3) is 55.5. The summed E-state index contributed by atoms with van der Waals surface area (Å²) < 4.78 is 93.1. The van der Waals surface area contributed by atoms with E-state index >= 15 is 0 Å². The van der Waals surface area contributed by atoms with E-state index in [1.54, 1.807) is 0 Å². The van der Waals surface area contributed by atoms with Gasteiger partial charge in [-0.3, -0.25) is 0 Å². The SMILES string of the molecule is CCCCCCCCCC/C=C/CCCCCOC(=O)c1cccc(S(=O)(=O)[O-])c1C(=O)OCCCCC/C=C/CCCCCCCCCC.CCCCCCCCCC/C=C/CCCCCOC(=O)c1cccc(S(=O)(=O)[O-])c1C(=O)OCCCCC/C=C/CCCCCCCCCC.[Ca+2]. The van der Waals surface area contributed by atoms with Crippen LogP contribution in [0.5, 0.6) is 0 Å². The number of benzene rings is 2. The van der Waals surface area contributed by atoms with Crippen LogP contribution < -0.4 is 0 Å². The Kier molecular flexibility index (Phi) is 66.9. The van der Waals surface area contributed by atoms with Crippen molar-refractivity contribution in [2.75, 3.05) is 26.4 Å². The monoisotopic (exact) mass is 1470 g/mol. The minimum absolute atomic E-state index is 0. The standard InChI is InChI=1S/2C42H70O7S.Ca/c2*1-3-5-7-9-11-13-15-17-19-21-23-25-27-29-31-36-48-41(43)38-34-33-35-39(50(45,46)47)40(38)42(44)49-37-32-30-28-26-24-22-20-18-16-14-12-10-8-6-4-2;/h2*21-24,33-35H,3-20,25-32,36-37H2,1-2H3,(H,45,46,47);/q;;+2/p-2/b2*23-21+,24-22+;. The van der Waals surface area contributed by atoms with Gasteiger partial charge in [-0.15, -0.1) is 0 Å². The number of hydrogen-bond donors (Lipinski definition) is 0. The summed E-state index contributed by atoms with van der Waals surface area (Å²) >= 11 is 0.